The molecule has 0 N–H and O–H groups in total. The van der Waals surface area contributed by atoms with Crippen LogP contribution in [0.5, 0.6) is 0 Å². The molecule has 13 heavy (non-hydrogen) atoms. The zero-order chi connectivity index (χ0) is 9.52. The zero-order valence-corrected chi connectivity index (χ0v) is 7.86. The molecule has 0 amide bonds. The molecule has 0 spiro atoms. The molecule has 0 atom stereocenters. The molecule has 0 aliphatic carbocycles. The summed E-state index contributed by atoms with van der Waals surface area (Å²) in [6.07, 6.45) is 4.59. The molecule has 1 nitrogen and oxygen atoms in total. The van der Waals surface area contributed by atoms with Crippen LogP contribution in [-0.4, -0.2) is 6.29 Å². The number of carbonyl (C=O) groups excluding carboxylic acids is 1. The summed E-state index contributed by atoms with van der Waals surface area (Å²) in [7, 11) is 0. The van der Waals surface area contributed by atoms with Crippen LogP contribution in [0.2, 0.25) is 0 Å². The van der Waals surface area contributed by atoms with E-state index in [9.17, 15) is 4.79 Å². The van der Waals surface area contributed by atoms with E-state index in [1.807, 2.05) is 31.2 Å². The van der Waals surface area contributed by atoms with Gasteiger partial charge in [-0.25, -0.2) is 0 Å². The van der Waals surface area contributed by atoms with Crippen molar-refractivity contribution in [1.82, 2.24) is 0 Å². The molecule has 1 aromatic rings. The van der Waals surface area contributed by atoms with E-state index in [0.717, 1.165) is 24.7 Å². The van der Waals surface area contributed by atoms with Gasteiger partial charge in [-0.05, 0) is 30.9 Å². The van der Waals surface area contributed by atoms with E-state index in [4.69, 9.17) is 0 Å². The summed E-state index contributed by atoms with van der Waals surface area (Å²) in [5.41, 5.74) is 2.16. The van der Waals surface area contributed by atoms with E-state index in [2.05, 4.69) is 12.1 Å². The molecule has 0 unspecified atom stereocenters. The molecule has 0 aliphatic rings. The molecule has 0 saturated heterocycles. The highest BCUT2D eigenvalue weighted by molar-refractivity contribution is 5.72. The third-order valence-electron chi connectivity index (χ3n) is 2.07. The van der Waals surface area contributed by atoms with Crippen molar-refractivity contribution in [2.75, 3.05) is 0 Å². The number of benzene rings is 1. The Labute approximate surface area is 79.1 Å². The molecule has 0 radical (unpaired) electrons. The summed E-state index contributed by atoms with van der Waals surface area (Å²) in [5.74, 6) is 0. The van der Waals surface area contributed by atoms with Gasteiger partial charge in [0.15, 0.2) is 0 Å². The van der Waals surface area contributed by atoms with Crippen LogP contribution < -0.4 is 0 Å². The monoisotopic (exact) mass is 174 g/mol. The maximum absolute atomic E-state index is 10.5. The first-order chi connectivity index (χ1) is 6.36. The fourth-order valence-electron chi connectivity index (χ4n) is 1.20. The minimum absolute atomic E-state index is 0.837. The molecule has 0 aromatic heterocycles. The molecular formula is C12H14O. The van der Waals surface area contributed by atoms with Gasteiger partial charge in [-0.3, -0.25) is 4.79 Å². The van der Waals surface area contributed by atoms with Crippen LogP contribution >= 0.6 is 0 Å². The molecular weight excluding hydrogens is 160 g/mol. The smallest absolute Gasteiger partial charge is 0.145 e. The highest BCUT2D eigenvalue weighted by atomic mass is 16.1. The molecule has 0 aliphatic heterocycles. The molecule has 0 bridgehead atoms. The van der Waals surface area contributed by atoms with E-state index < -0.39 is 0 Å². The maximum atomic E-state index is 10.5. The Morgan fingerprint density at radius 3 is 2.54 bits per heavy atom. The van der Waals surface area contributed by atoms with Crippen LogP contribution in [0.1, 0.15) is 18.9 Å². The minimum atomic E-state index is 0.837. The van der Waals surface area contributed by atoms with E-state index in [1.54, 1.807) is 0 Å². The van der Waals surface area contributed by atoms with E-state index in [-0.39, 0.29) is 0 Å². The van der Waals surface area contributed by atoms with Gasteiger partial charge in [0.05, 0.1) is 0 Å². The number of carbonyl (C=O) groups is 1. The first kappa shape index (κ1) is 9.72. The Hall–Kier alpha value is -1.37. The second kappa shape index (κ2) is 5.31. The van der Waals surface area contributed by atoms with Crippen molar-refractivity contribution in [2.45, 2.75) is 19.8 Å². The van der Waals surface area contributed by atoms with Crippen LogP contribution in [0.15, 0.2) is 42.0 Å². The normalized spacial score (nSPS) is 11.3. The van der Waals surface area contributed by atoms with Crippen molar-refractivity contribution in [3.8, 4) is 0 Å². The highest BCUT2D eigenvalue weighted by Crippen LogP contribution is 2.06. The van der Waals surface area contributed by atoms with Gasteiger partial charge in [-0.2, -0.15) is 0 Å². The minimum Gasteiger partial charge on any atom is -0.298 e. The summed E-state index contributed by atoms with van der Waals surface area (Å²) in [4.78, 5) is 10.5. The fraction of sp³-hybridized carbons (Fsp3) is 0.250. The van der Waals surface area contributed by atoms with E-state index >= 15 is 0 Å². The van der Waals surface area contributed by atoms with Gasteiger partial charge in [0, 0.05) is 0 Å². The second-order valence-corrected chi connectivity index (χ2v) is 2.97. The topological polar surface area (TPSA) is 17.1 Å². The van der Waals surface area contributed by atoms with Gasteiger partial charge in [-0.15, -0.1) is 0 Å². The molecule has 0 saturated carbocycles. The van der Waals surface area contributed by atoms with Crippen LogP contribution in [-0.2, 0) is 11.2 Å². The molecule has 0 heterocycles. The van der Waals surface area contributed by atoms with Gasteiger partial charge >= 0.3 is 0 Å². The average molecular weight is 174 g/mol. The van der Waals surface area contributed by atoms with Crippen LogP contribution in [0.4, 0.5) is 0 Å². The first-order valence-electron chi connectivity index (χ1n) is 4.51. The van der Waals surface area contributed by atoms with Gasteiger partial charge in [0.2, 0.25) is 0 Å². The lowest BCUT2D eigenvalue weighted by Crippen LogP contribution is -1.89. The fourth-order valence-corrected chi connectivity index (χ4v) is 1.20. The van der Waals surface area contributed by atoms with Crippen LogP contribution in [0, 0.1) is 0 Å². The summed E-state index contributed by atoms with van der Waals surface area (Å²) < 4.78 is 0. The number of hydrogen-bond donors (Lipinski definition) is 0. The van der Waals surface area contributed by atoms with Gasteiger partial charge in [0.1, 0.15) is 6.29 Å². The lowest BCUT2D eigenvalue weighted by atomic mass is 10.1. The third kappa shape index (κ3) is 3.24. The summed E-state index contributed by atoms with van der Waals surface area (Å²) in [6, 6.07) is 10.2. The van der Waals surface area contributed by atoms with Crippen molar-refractivity contribution in [3.05, 3.63) is 47.5 Å². The standard InChI is InChI=1S/C12H14O/c1-2-11(10-13)8-9-12-6-4-3-5-7-12/h2-7,10H,8-9H2,1H3/b11-2-. The molecule has 1 rings (SSSR count). The Balaban J connectivity index is 2.48. The van der Waals surface area contributed by atoms with Crippen LogP contribution in [0.3, 0.4) is 0 Å². The highest BCUT2D eigenvalue weighted by Gasteiger charge is 1.95. The predicted octanol–water partition coefficient (Wildman–Crippen LogP) is 2.76. The summed E-state index contributed by atoms with van der Waals surface area (Å²) in [5, 5.41) is 0. The van der Waals surface area contributed by atoms with Crippen molar-refractivity contribution >= 4 is 6.29 Å². The summed E-state index contributed by atoms with van der Waals surface area (Å²) >= 11 is 0. The van der Waals surface area contributed by atoms with Gasteiger partial charge in [0.25, 0.3) is 0 Å². The number of aryl methyl sites for hydroxylation is 1. The van der Waals surface area contributed by atoms with Crippen LogP contribution in [0.25, 0.3) is 0 Å². The maximum Gasteiger partial charge on any atom is 0.145 e. The lowest BCUT2D eigenvalue weighted by Gasteiger charge is -1.99. The van der Waals surface area contributed by atoms with Gasteiger partial charge in [-0.1, -0.05) is 36.4 Å². The molecule has 1 aromatic carbocycles. The van der Waals surface area contributed by atoms with Crippen molar-refractivity contribution in [3.63, 3.8) is 0 Å². The number of rotatable bonds is 4. The van der Waals surface area contributed by atoms with Crippen molar-refractivity contribution in [1.29, 1.82) is 0 Å². The average Bonchev–Trinajstić information content (AvgIpc) is 2.21. The molecule has 68 valence electrons. The SMILES string of the molecule is C/C=C(\C=O)CCc1ccccc1. The number of hydrogen-bond acceptors (Lipinski definition) is 1. The van der Waals surface area contributed by atoms with Crippen molar-refractivity contribution < 1.29 is 4.79 Å². The number of allylic oxidation sites excluding steroid dienone is 2. The van der Waals surface area contributed by atoms with Crippen molar-refractivity contribution in [2.24, 2.45) is 0 Å². The predicted molar refractivity (Wildman–Crippen MR) is 54.6 cm³/mol. The quantitative estimate of drug-likeness (QED) is 0.506. The summed E-state index contributed by atoms with van der Waals surface area (Å²) in [6.45, 7) is 1.90. The second-order valence-electron chi connectivity index (χ2n) is 2.97. The zero-order valence-electron chi connectivity index (χ0n) is 7.86. The number of aldehydes is 1. The Morgan fingerprint density at radius 2 is 2.00 bits per heavy atom. The van der Waals surface area contributed by atoms with E-state index in [0.29, 0.717) is 0 Å². The third-order valence-corrected chi connectivity index (χ3v) is 2.07. The molecule has 0 fully saturated rings. The Morgan fingerprint density at radius 1 is 1.31 bits per heavy atom. The Bertz CT molecular complexity index is 285. The lowest BCUT2D eigenvalue weighted by molar-refractivity contribution is -0.105. The largest absolute Gasteiger partial charge is 0.298 e. The first-order valence-corrected chi connectivity index (χ1v) is 4.51. The molecule has 1 heteroatoms. The Kier molecular flexibility index (Phi) is 3.97. The van der Waals surface area contributed by atoms with E-state index in [1.165, 1.54) is 5.56 Å². The van der Waals surface area contributed by atoms with Gasteiger partial charge < -0.3 is 0 Å².